The second-order valence-corrected chi connectivity index (χ2v) is 8.97. The van der Waals surface area contributed by atoms with Crippen molar-refractivity contribution >= 4 is 37.8 Å². The fourth-order valence-electron chi connectivity index (χ4n) is 2.64. The number of carbonyl (C=O) groups excluding carboxylic acids is 1. The van der Waals surface area contributed by atoms with Gasteiger partial charge in [-0.05, 0) is 23.8 Å². The summed E-state index contributed by atoms with van der Waals surface area (Å²) in [6.45, 7) is 0.885. The van der Waals surface area contributed by atoms with Gasteiger partial charge in [0.05, 0.1) is 16.4 Å². The van der Waals surface area contributed by atoms with Gasteiger partial charge < -0.3 is 10.6 Å². The van der Waals surface area contributed by atoms with Gasteiger partial charge in [0.25, 0.3) is 5.91 Å². The van der Waals surface area contributed by atoms with Crippen LogP contribution in [-0.2, 0) is 9.84 Å². The molecule has 1 aromatic carbocycles. The van der Waals surface area contributed by atoms with Gasteiger partial charge in [-0.25, -0.2) is 8.42 Å². The van der Waals surface area contributed by atoms with E-state index in [0.717, 1.165) is 22.6 Å². The molecule has 1 fully saturated rings. The molecule has 3 rings (SSSR count). The summed E-state index contributed by atoms with van der Waals surface area (Å²) >= 11 is 0.897. The van der Waals surface area contributed by atoms with E-state index in [4.69, 9.17) is 5.73 Å². The Hall–Kier alpha value is -2.46. The molecule has 1 aromatic heterocycles. The number of rotatable bonds is 4. The lowest BCUT2D eigenvalue weighted by Crippen LogP contribution is -2.40. The van der Waals surface area contributed by atoms with Crippen LogP contribution in [0.15, 0.2) is 30.3 Å². The molecule has 132 valence electrons. The molecule has 1 aliphatic heterocycles. The van der Waals surface area contributed by atoms with Crippen LogP contribution in [0.25, 0.3) is 10.4 Å². The lowest BCUT2D eigenvalue weighted by Gasteiger charge is -2.28. The number of nitrogens with zero attached hydrogens (tertiary/aromatic N) is 2. The van der Waals surface area contributed by atoms with Crippen molar-refractivity contribution in [1.29, 1.82) is 0 Å². The maximum Gasteiger partial charge on any atom is 0.337 e. The van der Waals surface area contributed by atoms with Crippen molar-refractivity contribution in [3.05, 3.63) is 46.0 Å². The highest BCUT2D eigenvalue weighted by Crippen LogP contribution is 2.37. The van der Waals surface area contributed by atoms with Crippen LogP contribution in [0.1, 0.15) is 10.4 Å². The normalized spacial score (nSPS) is 16.6. The number of benzene rings is 1. The second-order valence-electron chi connectivity index (χ2n) is 5.64. The van der Waals surface area contributed by atoms with Crippen LogP contribution in [0, 0.1) is 10.1 Å². The van der Waals surface area contributed by atoms with Gasteiger partial charge in [-0.1, -0.05) is 23.5 Å². The Balaban J connectivity index is 1.85. The maximum atomic E-state index is 11.5. The van der Waals surface area contributed by atoms with Gasteiger partial charge in [-0.15, -0.1) is 0 Å². The molecule has 2 aromatic rings. The average molecular weight is 381 g/mol. The Labute approximate surface area is 147 Å². The summed E-state index contributed by atoms with van der Waals surface area (Å²) in [4.78, 5) is 24.3. The van der Waals surface area contributed by atoms with Crippen molar-refractivity contribution in [3.63, 3.8) is 0 Å². The summed E-state index contributed by atoms with van der Waals surface area (Å²) in [5.41, 5.74) is 6.71. The van der Waals surface area contributed by atoms with Crippen molar-refractivity contribution in [2.45, 2.75) is 0 Å². The van der Waals surface area contributed by atoms with Crippen LogP contribution in [0.4, 0.5) is 10.7 Å². The minimum Gasteiger partial charge on any atom is -0.369 e. The standard InChI is InChI=1S/C15H15N3O5S2/c16-14(19)12-9-13(24-15(12)18(20)21)10-1-3-11(4-2-10)17-5-7-25(22,23)8-6-17/h1-4,9H,5-8H2,(H2,16,19). The number of hydrogen-bond acceptors (Lipinski definition) is 7. The number of anilines is 1. The molecule has 1 saturated heterocycles. The molecule has 0 saturated carbocycles. The van der Waals surface area contributed by atoms with E-state index in [1.165, 1.54) is 6.07 Å². The van der Waals surface area contributed by atoms with Crippen molar-refractivity contribution in [2.24, 2.45) is 5.73 Å². The van der Waals surface area contributed by atoms with Gasteiger partial charge in [0.2, 0.25) is 0 Å². The van der Waals surface area contributed by atoms with Gasteiger partial charge in [0, 0.05) is 23.7 Å². The van der Waals surface area contributed by atoms with Crippen molar-refractivity contribution in [2.75, 3.05) is 29.5 Å². The minimum absolute atomic E-state index is 0.102. The highest BCUT2D eigenvalue weighted by Gasteiger charge is 2.24. The first-order chi connectivity index (χ1) is 11.8. The topological polar surface area (TPSA) is 124 Å². The van der Waals surface area contributed by atoms with E-state index in [1.807, 2.05) is 17.0 Å². The minimum atomic E-state index is -2.94. The Morgan fingerprint density at radius 2 is 1.80 bits per heavy atom. The number of sulfone groups is 1. The first kappa shape index (κ1) is 17.4. The van der Waals surface area contributed by atoms with Crippen molar-refractivity contribution in [1.82, 2.24) is 0 Å². The van der Waals surface area contributed by atoms with Gasteiger partial charge in [-0.2, -0.15) is 0 Å². The SMILES string of the molecule is NC(=O)c1cc(-c2ccc(N3CCS(=O)(=O)CC3)cc2)sc1[N+](=O)[O-]. The highest BCUT2D eigenvalue weighted by atomic mass is 32.2. The second kappa shape index (κ2) is 6.45. The van der Waals surface area contributed by atoms with Gasteiger partial charge in [0.15, 0.2) is 9.84 Å². The molecule has 2 heterocycles. The maximum absolute atomic E-state index is 11.5. The van der Waals surface area contributed by atoms with Crippen LogP contribution >= 0.6 is 11.3 Å². The predicted octanol–water partition coefficient (Wildman–Crippen LogP) is 1.66. The number of carbonyl (C=O) groups is 1. The first-order valence-corrected chi connectivity index (χ1v) is 10.0. The molecule has 1 amide bonds. The molecule has 0 unspecified atom stereocenters. The summed E-state index contributed by atoms with van der Waals surface area (Å²) < 4.78 is 23.0. The third-order valence-electron chi connectivity index (χ3n) is 4.01. The zero-order chi connectivity index (χ0) is 18.2. The Morgan fingerprint density at radius 1 is 1.20 bits per heavy atom. The van der Waals surface area contributed by atoms with Gasteiger partial charge in [0.1, 0.15) is 5.56 Å². The number of nitrogens with two attached hydrogens (primary N) is 1. The number of nitro groups is 1. The summed E-state index contributed by atoms with van der Waals surface area (Å²) in [7, 11) is -2.94. The number of amides is 1. The molecule has 0 atom stereocenters. The molecule has 8 nitrogen and oxygen atoms in total. The molecule has 0 bridgehead atoms. The van der Waals surface area contributed by atoms with E-state index in [2.05, 4.69) is 0 Å². The highest BCUT2D eigenvalue weighted by molar-refractivity contribution is 7.91. The molecule has 1 aliphatic rings. The molecule has 2 N–H and O–H groups in total. The predicted molar refractivity (Wildman–Crippen MR) is 95.8 cm³/mol. The molecule has 0 radical (unpaired) electrons. The molecule has 0 spiro atoms. The van der Waals surface area contributed by atoms with E-state index < -0.39 is 20.7 Å². The number of thiophene rings is 1. The van der Waals surface area contributed by atoms with Crippen LogP contribution in [0.3, 0.4) is 0 Å². The van der Waals surface area contributed by atoms with Gasteiger partial charge in [-0.3, -0.25) is 14.9 Å². The van der Waals surface area contributed by atoms with E-state index in [0.29, 0.717) is 18.0 Å². The fraction of sp³-hybridized carbons (Fsp3) is 0.267. The van der Waals surface area contributed by atoms with E-state index in [9.17, 15) is 23.3 Å². The summed E-state index contributed by atoms with van der Waals surface area (Å²) in [5.74, 6) is -0.567. The summed E-state index contributed by atoms with van der Waals surface area (Å²) in [6.07, 6.45) is 0. The van der Waals surface area contributed by atoms with Crippen molar-refractivity contribution < 1.29 is 18.1 Å². The first-order valence-electron chi connectivity index (χ1n) is 7.41. The van der Waals surface area contributed by atoms with E-state index in [-0.39, 0.29) is 22.1 Å². The zero-order valence-corrected chi connectivity index (χ0v) is 14.7. The third-order valence-corrected chi connectivity index (χ3v) is 6.75. The molecule has 25 heavy (non-hydrogen) atoms. The number of hydrogen-bond donors (Lipinski definition) is 1. The summed E-state index contributed by atoms with van der Waals surface area (Å²) in [5, 5.41) is 10.8. The van der Waals surface area contributed by atoms with E-state index >= 15 is 0 Å². The molecule has 0 aliphatic carbocycles. The lowest BCUT2D eigenvalue weighted by molar-refractivity contribution is -0.380. The Kier molecular flexibility index (Phi) is 4.48. The monoisotopic (exact) mass is 381 g/mol. The zero-order valence-electron chi connectivity index (χ0n) is 13.0. The van der Waals surface area contributed by atoms with Crippen LogP contribution in [-0.4, -0.2) is 43.8 Å². The van der Waals surface area contributed by atoms with Crippen LogP contribution in [0.5, 0.6) is 0 Å². The summed E-state index contributed by atoms with van der Waals surface area (Å²) in [6, 6.07) is 8.68. The average Bonchev–Trinajstić information content (AvgIpc) is 3.01. The largest absolute Gasteiger partial charge is 0.369 e. The smallest absolute Gasteiger partial charge is 0.337 e. The quantitative estimate of drug-likeness (QED) is 0.634. The Morgan fingerprint density at radius 3 is 2.28 bits per heavy atom. The van der Waals surface area contributed by atoms with E-state index in [1.54, 1.807) is 12.1 Å². The third kappa shape index (κ3) is 3.64. The molecular weight excluding hydrogens is 366 g/mol. The molecular formula is C15H15N3O5S2. The Bertz CT molecular complexity index is 889. The number of primary amides is 1. The fourth-order valence-corrected chi connectivity index (χ4v) is 4.83. The van der Waals surface area contributed by atoms with Crippen molar-refractivity contribution in [3.8, 4) is 10.4 Å². The van der Waals surface area contributed by atoms with Gasteiger partial charge >= 0.3 is 5.00 Å². The lowest BCUT2D eigenvalue weighted by atomic mass is 10.1. The van der Waals surface area contributed by atoms with Crippen LogP contribution in [0.2, 0.25) is 0 Å². The molecule has 10 heteroatoms. The van der Waals surface area contributed by atoms with Crippen LogP contribution < -0.4 is 10.6 Å².